The molecule has 0 aliphatic rings. The standard InChI is InChI=1S/C12H12NO/c1-2-14-10-7-9-5-3-4-6-11(9)12(13)8-10/h3-8,13H,2H2,1H3. The van der Waals surface area contributed by atoms with Gasteiger partial charge in [-0.2, -0.15) is 0 Å². The second-order valence-corrected chi connectivity index (χ2v) is 3.12. The molecule has 2 nitrogen and oxygen atoms in total. The van der Waals surface area contributed by atoms with E-state index in [2.05, 4.69) is 0 Å². The first-order valence-electron chi connectivity index (χ1n) is 4.68. The van der Waals surface area contributed by atoms with Crippen LogP contribution in [0.2, 0.25) is 0 Å². The highest BCUT2D eigenvalue weighted by molar-refractivity contribution is 5.93. The SMILES string of the molecule is CCOc1cc([NH])c2ccccc2c1. The molecule has 0 aliphatic heterocycles. The lowest BCUT2D eigenvalue weighted by atomic mass is 10.1. The average Bonchev–Trinajstić information content (AvgIpc) is 2.18. The maximum atomic E-state index is 7.80. The molecule has 0 spiro atoms. The summed E-state index contributed by atoms with van der Waals surface area (Å²) in [6.45, 7) is 2.58. The van der Waals surface area contributed by atoms with Crippen molar-refractivity contribution in [3.05, 3.63) is 36.4 Å². The van der Waals surface area contributed by atoms with Crippen LogP contribution in [0.5, 0.6) is 5.75 Å². The van der Waals surface area contributed by atoms with Crippen LogP contribution < -0.4 is 10.5 Å². The van der Waals surface area contributed by atoms with E-state index in [0.717, 1.165) is 16.5 Å². The molecule has 2 rings (SSSR count). The smallest absolute Gasteiger partial charge is 0.122 e. The monoisotopic (exact) mass is 186 g/mol. The van der Waals surface area contributed by atoms with Crippen LogP contribution in [-0.2, 0) is 0 Å². The van der Waals surface area contributed by atoms with Gasteiger partial charge in [-0.15, -0.1) is 0 Å². The van der Waals surface area contributed by atoms with Crippen molar-refractivity contribution in [3.8, 4) is 5.75 Å². The lowest BCUT2D eigenvalue weighted by Crippen LogP contribution is -1.91. The van der Waals surface area contributed by atoms with Crippen LogP contribution in [0, 0.1) is 0 Å². The van der Waals surface area contributed by atoms with Gasteiger partial charge in [-0.1, -0.05) is 24.3 Å². The summed E-state index contributed by atoms with van der Waals surface area (Å²) in [6.07, 6.45) is 0. The highest BCUT2D eigenvalue weighted by Gasteiger charge is 2.01. The van der Waals surface area contributed by atoms with E-state index in [1.807, 2.05) is 37.3 Å². The van der Waals surface area contributed by atoms with Crippen LogP contribution in [0.15, 0.2) is 36.4 Å². The number of nitrogens with one attached hydrogen (secondary N) is 1. The minimum absolute atomic E-state index is 0.520. The quantitative estimate of drug-likeness (QED) is 0.709. The second kappa shape index (κ2) is 3.58. The number of rotatable bonds is 2. The predicted octanol–water partition coefficient (Wildman–Crippen LogP) is 3.15. The van der Waals surface area contributed by atoms with Crippen LogP contribution >= 0.6 is 0 Å². The van der Waals surface area contributed by atoms with Gasteiger partial charge in [-0.05, 0) is 18.4 Å². The number of hydrogen-bond acceptors (Lipinski definition) is 1. The molecule has 0 unspecified atom stereocenters. The third kappa shape index (κ3) is 1.51. The first-order chi connectivity index (χ1) is 6.81. The third-order valence-electron chi connectivity index (χ3n) is 2.15. The second-order valence-electron chi connectivity index (χ2n) is 3.12. The van der Waals surface area contributed by atoms with Crippen molar-refractivity contribution in [1.29, 1.82) is 0 Å². The maximum absolute atomic E-state index is 7.80. The molecule has 0 saturated carbocycles. The Morgan fingerprint density at radius 3 is 2.79 bits per heavy atom. The Morgan fingerprint density at radius 1 is 1.21 bits per heavy atom. The molecule has 0 fully saturated rings. The molecule has 71 valence electrons. The topological polar surface area (TPSA) is 33.0 Å². The summed E-state index contributed by atoms with van der Waals surface area (Å²) in [7, 11) is 0. The van der Waals surface area contributed by atoms with Gasteiger partial charge in [0.05, 0.1) is 12.3 Å². The van der Waals surface area contributed by atoms with E-state index in [1.54, 1.807) is 6.07 Å². The van der Waals surface area contributed by atoms with Crippen molar-refractivity contribution in [3.63, 3.8) is 0 Å². The molecule has 2 heteroatoms. The fourth-order valence-electron chi connectivity index (χ4n) is 1.53. The van der Waals surface area contributed by atoms with Crippen LogP contribution in [0.3, 0.4) is 0 Å². The van der Waals surface area contributed by atoms with Gasteiger partial charge in [0.1, 0.15) is 5.75 Å². The number of ether oxygens (including phenoxy) is 1. The molecule has 0 bridgehead atoms. The summed E-state index contributed by atoms with van der Waals surface area (Å²) < 4.78 is 5.37. The Balaban J connectivity index is 2.60. The van der Waals surface area contributed by atoms with E-state index in [4.69, 9.17) is 10.5 Å². The molecule has 0 heterocycles. The molecule has 2 aromatic carbocycles. The van der Waals surface area contributed by atoms with Crippen molar-refractivity contribution in [2.75, 3.05) is 6.61 Å². The summed E-state index contributed by atoms with van der Waals surface area (Å²) in [5, 5.41) is 2.03. The van der Waals surface area contributed by atoms with Gasteiger partial charge in [0, 0.05) is 11.5 Å². The number of hydrogen-bond donors (Lipinski definition) is 0. The Kier molecular flexibility index (Phi) is 2.27. The number of benzene rings is 2. The Morgan fingerprint density at radius 2 is 2.00 bits per heavy atom. The van der Waals surface area contributed by atoms with Gasteiger partial charge in [0.25, 0.3) is 0 Å². The van der Waals surface area contributed by atoms with E-state index in [0.29, 0.717) is 12.3 Å². The fraction of sp³-hybridized carbons (Fsp3) is 0.167. The van der Waals surface area contributed by atoms with Crippen LogP contribution in [0.25, 0.3) is 10.8 Å². The normalized spacial score (nSPS) is 10.4. The molecule has 1 N–H and O–H groups in total. The minimum Gasteiger partial charge on any atom is -0.494 e. The molecule has 0 atom stereocenters. The molecule has 1 radical (unpaired) electrons. The first-order valence-corrected chi connectivity index (χ1v) is 4.68. The van der Waals surface area contributed by atoms with Crippen molar-refractivity contribution in [2.24, 2.45) is 0 Å². The van der Waals surface area contributed by atoms with Gasteiger partial charge >= 0.3 is 0 Å². The predicted molar refractivity (Wildman–Crippen MR) is 57.9 cm³/mol. The van der Waals surface area contributed by atoms with Gasteiger partial charge in [0.2, 0.25) is 0 Å². The molecule has 14 heavy (non-hydrogen) atoms. The van der Waals surface area contributed by atoms with Gasteiger partial charge in [0.15, 0.2) is 0 Å². The largest absolute Gasteiger partial charge is 0.494 e. The molecule has 0 aromatic heterocycles. The zero-order valence-electron chi connectivity index (χ0n) is 8.08. The summed E-state index contributed by atoms with van der Waals surface area (Å²) in [5.74, 6) is 0.774. The highest BCUT2D eigenvalue weighted by atomic mass is 16.5. The summed E-state index contributed by atoms with van der Waals surface area (Å²) >= 11 is 0. The van der Waals surface area contributed by atoms with E-state index in [9.17, 15) is 0 Å². The van der Waals surface area contributed by atoms with Gasteiger partial charge in [-0.3, -0.25) is 0 Å². The van der Waals surface area contributed by atoms with Crippen LogP contribution in [0.1, 0.15) is 6.92 Å². The third-order valence-corrected chi connectivity index (χ3v) is 2.15. The van der Waals surface area contributed by atoms with Crippen molar-refractivity contribution in [2.45, 2.75) is 6.92 Å². The molecule has 0 aliphatic carbocycles. The molecule has 0 saturated heterocycles. The Labute approximate surface area is 83.3 Å². The Bertz CT molecular complexity index is 451. The van der Waals surface area contributed by atoms with E-state index in [-0.39, 0.29) is 0 Å². The lowest BCUT2D eigenvalue weighted by Gasteiger charge is -2.06. The zero-order chi connectivity index (χ0) is 9.97. The van der Waals surface area contributed by atoms with Gasteiger partial charge in [-0.25, -0.2) is 0 Å². The first kappa shape index (κ1) is 8.88. The molecule has 0 amide bonds. The lowest BCUT2D eigenvalue weighted by molar-refractivity contribution is 0.341. The van der Waals surface area contributed by atoms with E-state index < -0.39 is 0 Å². The minimum atomic E-state index is 0.520. The maximum Gasteiger partial charge on any atom is 0.122 e. The van der Waals surface area contributed by atoms with Crippen LogP contribution in [0.4, 0.5) is 5.69 Å². The molecule has 2 aromatic rings. The number of fused-ring (bicyclic) bond motifs is 1. The molecular formula is C12H12NO. The van der Waals surface area contributed by atoms with Crippen molar-refractivity contribution in [1.82, 2.24) is 5.73 Å². The fourth-order valence-corrected chi connectivity index (χ4v) is 1.53. The van der Waals surface area contributed by atoms with Crippen LogP contribution in [-0.4, -0.2) is 6.61 Å². The van der Waals surface area contributed by atoms with Crippen molar-refractivity contribution >= 4 is 16.5 Å². The van der Waals surface area contributed by atoms with Gasteiger partial charge < -0.3 is 10.5 Å². The van der Waals surface area contributed by atoms with E-state index >= 15 is 0 Å². The highest BCUT2D eigenvalue weighted by Crippen LogP contribution is 2.27. The zero-order valence-corrected chi connectivity index (χ0v) is 8.08. The Hall–Kier alpha value is -1.70. The van der Waals surface area contributed by atoms with E-state index in [1.165, 1.54) is 0 Å². The average molecular weight is 186 g/mol. The van der Waals surface area contributed by atoms with Crippen molar-refractivity contribution < 1.29 is 4.74 Å². The summed E-state index contributed by atoms with van der Waals surface area (Å²) in [5.41, 5.74) is 8.32. The summed E-state index contributed by atoms with van der Waals surface area (Å²) in [4.78, 5) is 0. The molecular weight excluding hydrogens is 174 g/mol. The summed E-state index contributed by atoms with van der Waals surface area (Å²) in [6, 6.07) is 11.6.